The van der Waals surface area contributed by atoms with Crippen molar-refractivity contribution in [3.8, 4) is 0 Å². The van der Waals surface area contributed by atoms with Crippen LogP contribution in [0.4, 0.5) is 52.2 Å². The maximum atomic E-state index is 12.1. The second kappa shape index (κ2) is 6.99. The van der Waals surface area contributed by atoms with Crippen LogP contribution in [-0.4, -0.2) is 44.9 Å². The number of alkyl halides is 9. The summed E-state index contributed by atoms with van der Waals surface area (Å²) in [5.41, 5.74) is 0. The van der Waals surface area contributed by atoms with Gasteiger partial charge in [0.05, 0.1) is 0 Å². The normalized spacial score (nSPS) is 16.6. The van der Waals surface area contributed by atoms with Crippen molar-refractivity contribution in [2.24, 2.45) is 0 Å². The van der Waals surface area contributed by atoms with Crippen LogP contribution in [0.15, 0.2) is 12.0 Å². The lowest BCUT2D eigenvalue weighted by molar-refractivity contribution is -0.382. The van der Waals surface area contributed by atoms with E-state index in [-0.39, 0.29) is 13.2 Å². The molecule has 0 radical (unpaired) electrons. The second-order valence-electron chi connectivity index (χ2n) is 3.85. The molecule has 0 aliphatic carbocycles. The Morgan fingerprint density at radius 2 is 1.16 bits per heavy atom. The SMILES string of the molecule is FC(F)=C1OCCO1.O=S(=O)(F)C(F)(F)C(F)(F)C(F)(F)C(F)(F)F. The fourth-order valence-corrected chi connectivity index (χ4v) is 1.37. The lowest BCUT2D eigenvalue weighted by Crippen LogP contribution is -2.62. The number of ether oxygens (including phenoxy) is 2. The van der Waals surface area contributed by atoms with Crippen molar-refractivity contribution in [2.45, 2.75) is 23.3 Å². The van der Waals surface area contributed by atoms with E-state index in [4.69, 9.17) is 0 Å². The molecule has 0 amide bonds. The average Bonchev–Trinajstić information content (AvgIpc) is 2.90. The molecule has 1 aliphatic rings. The molecule has 1 rings (SSSR count). The van der Waals surface area contributed by atoms with Gasteiger partial charge in [0.15, 0.2) is 0 Å². The highest BCUT2D eigenvalue weighted by Crippen LogP contribution is 2.54. The largest absolute Gasteiger partial charge is 0.460 e. The van der Waals surface area contributed by atoms with E-state index in [2.05, 4.69) is 9.47 Å². The Bertz CT molecular complexity index is 595. The van der Waals surface area contributed by atoms with Gasteiger partial charge in [-0.3, -0.25) is 0 Å². The minimum atomic E-state index is -7.67. The van der Waals surface area contributed by atoms with Crippen LogP contribution < -0.4 is 0 Å². The smallest absolute Gasteiger partial charge is 0.458 e. The molecule has 0 aromatic carbocycles. The monoisotopic (exact) mass is 424 g/mol. The van der Waals surface area contributed by atoms with E-state index >= 15 is 0 Å². The Morgan fingerprint density at radius 1 is 0.800 bits per heavy atom. The van der Waals surface area contributed by atoms with Crippen LogP contribution in [-0.2, 0) is 19.7 Å². The minimum Gasteiger partial charge on any atom is -0.458 e. The van der Waals surface area contributed by atoms with E-state index in [0.29, 0.717) is 0 Å². The lowest BCUT2D eigenvalue weighted by Gasteiger charge is -2.31. The highest BCUT2D eigenvalue weighted by atomic mass is 32.3. The lowest BCUT2D eigenvalue weighted by atomic mass is 10.1. The van der Waals surface area contributed by atoms with E-state index in [1.165, 1.54) is 0 Å². The van der Waals surface area contributed by atoms with E-state index in [1.807, 2.05) is 0 Å². The molecule has 0 bridgehead atoms. The van der Waals surface area contributed by atoms with Gasteiger partial charge in [-0.2, -0.15) is 56.7 Å². The van der Waals surface area contributed by atoms with Gasteiger partial charge in [0.25, 0.3) is 0 Å². The molecular formula is C8H4F12O4S. The summed E-state index contributed by atoms with van der Waals surface area (Å²) in [5.74, 6) is -15.5. The Morgan fingerprint density at radius 3 is 1.36 bits per heavy atom. The number of hydrogen-bond acceptors (Lipinski definition) is 4. The first kappa shape index (κ1) is 23.4. The van der Waals surface area contributed by atoms with Crippen molar-refractivity contribution in [3.63, 3.8) is 0 Å². The second-order valence-corrected chi connectivity index (χ2v) is 5.23. The quantitative estimate of drug-likeness (QED) is 0.511. The molecule has 0 aromatic heterocycles. The summed E-state index contributed by atoms with van der Waals surface area (Å²) in [4.78, 5) is 0. The van der Waals surface area contributed by atoms with Gasteiger partial charge >= 0.3 is 45.5 Å². The Kier molecular flexibility index (Phi) is 6.55. The Balaban J connectivity index is 0.000000593. The van der Waals surface area contributed by atoms with Crippen molar-refractivity contribution in [3.05, 3.63) is 12.0 Å². The Labute approximate surface area is 130 Å². The molecule has 0 N–H and O–H groups in total. The van der Waals surface area contributed by atoms with Gasteiger partial charge in [-0.1, -0.05) is 3.89 Å². The van der Waals surface area contributed by atoms with Crippen LogP contribution in [0.2, 0.25) is 0 Å². The average molecular weight is 424 g/mol. The van der Waals surface area contributed by atoms with Crippen LogP contribution >= 0.6 is 0 Å². The Hall–Kier alpha value is -1.55. The van der Waals surface area contributed by atoms with Crippen molar-refractivity contribution >= 4 is 10.2 Å². The third-order valence-corrected chi connectivity index (χ3v) is 2.99. The molecule has 1 aliphatic heterocycles. The summed E-state index contributed by atoms with van der Waals surface area (Å²) in [7, 11) is -7.67. The van der Waals surface area contributed by atoms with E-state index < -0.39 is 45.5 Å². The first-order valence-electron chi connectivity index (χ1n) is 5.26. The molecule has 0 aromatic rings. The zero-order valence-corrected chi connectivity index (χ0v) is 11.8. The first-order valence-corrected chi connectivity index (χ1v) is 6.64. The highest BCUT2D eigenvalue weighted by Gasteiger charge is 2.85. The summed E-state index contributed by atoms with van der Waals surface area (Å²) in [5, 5.41) is -7.22. The minimum absolute atomic E-state index is 0.229. The van der Waals surface area contributed by atoms with Crippen molar-refractivity contribution < 1.29 is 70.1 Å². The van der Waals surface area contributed by atoms with Gasteiger partial charge in [-0.15, -0.1) is 0 Å². The van der Waals surface area contributed by atoms with Gasteiger partial charge in [0.2, 0.25) is 0 Å². The van der Waals surface area contributed by atoms with Gasteiger partial charge in [-0.25, -0.2) is 0 Å². The molecule has 0 atom stereocenters. The molecule has 1 fully saturated rings. The molecule has 0 spiro atoms. The van der Waals surface area contributed by atoms with Crippen LogP contribution in [0.1, 0.15) is 0 Å². The summed E-state index contributed by atoms with van der Waals surface area (Å²) in [6.45, 7) is 0.458. The molecule has 4 nitrogen and oxygen atoms in total. The van der Waals surface area contributed by atoms with Gasteiger partial charge in [-0.05, 0) is 0 Å². The number of rotatable bonds is 3. The fraction of sp³-hybridized carbons (Fsp3) is 0.750. The van der Waals surface area contributed by atoms with Gasteiger partial charge in [0, 0.05) is 0 Å². The van der Waals surface area contributed by atoms with Crippen LogP contribution in [0.25, 0.3) is 0 Å². The van der Waals surface area contributed by atoms with Crippen LogP contribution in [0, 0.1) is 0 Å². The summed E-state index contributed by atoms with van der Waals surface area (Å²) < 4.78 is 168. The fourth-order valence-electron chi connectivity index (χ4n) is 0.933. The maximum Gasteiger partial charge on any atom is 0.460 e. The van der Waals surface area contributed by atoms with Crippen molar-refractivity contribution in [1.29, 1.82) is 0 Å². The van der Waals surface area contributed by atoms with Crippen molar-refractivity contribution in [1.82, 2.24) is 0 Å². The molecule has 1 saturated heterocycles. The first-order chi connectivity index (χ1) is 10.8. The molecule has 0 unspecified atom stereocenters. The molecular weight excluding hydrogens is 420 g/mol. The van der Waals surface area contributed by atoms with E-state index in [1.54, 1.807) is 0 Å². The molecule has 17 heteroatoms. The predicted molar refractivity (Wildman–Crippen MR) is 52.1 cm³/mol. The molecule has 1 heterocycles. The number of halogens is 12. The molecule has 150 valence electrons. The maximum absolute atomic E-state index is 12.1. The third kappa shape index (κ3) is 4.55. The highest BCUT2D eigenvalue weighted by molar-refractivity contribution is 7.87. The predicted octanol–water partition coefficient (Wildman–Crippen LogP) is 3.81. The van der Waals surface area contributed by atoms with E-state index in [9.17, 15) is 60.6 Å². The zero-order valence-electron chi connectivity index (χ0n) is 11.0. The standard InChI is InChI=1S/C4F10O2S.C4H4F2O2/c5-1(6,3(9,10)11)2(7,8)4(12,13)17(14,15)16;5-3(6)4-7-1-2-8-4/h;1-2H2. The van der Waals surface area contributed by atoms with E-state index in [0.717, 1.165) is 0 Å². The van der Waals surface area contributed by atoms with Gasteiger partial charge < -0.3 is 9.47 Å². The molecule has 25 heavy (non-hydrogen) atoms. The van der Waals surface area contributed by atoms with Crippen molar-refractivity contribution in [2.75, 3.05) is 13.2 Å². The zero-order chi connectivity index (χ0) is 20.5. The summed E-state index contributed by atoms with van der Waals surface area (Å²) in [6, 6.07) is 0. The third-order valence-electron chi connectivity index (χ3n) is 2.13. The summed E-state index contributed by atoms with van der Waals surface area (Å²) >= 11 is 0. The van der Waals surface area contributed by atoms with Gasteiger partial charge in [0.1, 0.15) is 13.2 Å². The van der Waals surface area contributed by atoms with Crippen LogP contribution in [0.5, 0.6) is 0 Å². The summed E-state index contributed by atoms with van der Waals surface area (Å²) in [6.07, 6.45) is -9.08. The number of hydrogen-bond donors (Lipinski definition) is 0. The topological polar surface area (TPSA) is 52.6 Å². The molecule has 0 saturated carbocycles. The van der Waals surface area contributed by atoms with Crippen LogP contribution in [0.3, 0.4) is 0 Å².